The van der Waals surface area contributed by atoms with Crippen molar-refractivity contribution < 1.29 is 14.7 Å². The van der Waals surface area contributed by atoms with Gasteiger partial charge in [0.15, 0.2) is 0 Å². The molecule has 2 aromatic rings. The summed E-state index contributed by atoms with van der Waals surface area (Å²) in [5.74, 6) is -1.57. The Bertz CT molecular complexity index is 703. The zero-order valence-corrected chi connectivity index (χ0v) is 11.8. The lowest BCUT2D eigenvalue weighted by molar-refractivity contribution is -0.141. The second kappa shape index (κ2) is 5.93. The third kappa shape index (κ3) is 2.67. The summed E-state index contributed by atoms with van der Waals surface area (Å²) in [5, 5.41) is 9.05. The van der Waals surface area contributed by atoms with E-state index in [1.54, 1.807) is 4.90 Å². The van der Waals surface area contributed by atoms with E-state index >= 15 is 0 Å². The largest absolute Gasteiger partial charge is 0.481 e. The van der Waals surface area contributed by atoms with Gasteiger partial charge in [-0.2, -0.15) is 0 Å². The van der Waals surface area contributed by atoms with Crippen molar-refractivity contribution in [2.75, 3.05) is 13.1 Å². The summed E-state index contributed by atoms with van der Waals surface area (Å²) in [6.07, 6.45) is 3.38. The van der Waals surface area contributed by atoms with Crippen LogP contribution < -0.4 is 0 Å². The van der Waals surface area contributed by atoms with Gasteiger partial charge in [0.1, 0.15) is 6.33 Å². The van der Waals surface area contributed by atoms with Gasteiger partial charge in [0.05, 0.1) is 17.2 Å². The van der Waals surface area contributed by atoms with Gasteiger partial charge >= 0.3 is 5.97 Å². The molecule has 0 radical (unpaired) electrons. The minimum Gasteiger partial charge on any atom is -0.481 e. The van der Waals surface area contributed by atoms with Crippen LogP contribution in [-0.2, 0) is 4.79 Å². The van der Waals surface area contributed by atoms with Crippen LogP contribution in [0.5, 0.6) is 0 Å². The van der Waals surface area contributed by atoms with Crippen molar-refractivity contribution in [2.24, 2.45) is 5.92 Å². The Balaban J connectivity index is 1.90. The molecule has 1 fully saturated rings. The number of hydrogen-bond acceptors (Lipinski definition) is 4. The predicted molar refractivity (Wildman–Crippen MR) is 79.1 cm³/mol. The van der Waals surface area contributed by atoms with E-state index in [1.807, 2.05) is 30.3 Å². The lowest BCUT2D eigenvalue weighted by Crippen LogP contribution is -2.30. The number of benzene rings is 1. The predicted octanol–water partition coefficient (Wildman–Crippen LogP) is 1.69. The quantitative estimate of drug-likeness (QED) is 0.932. The van der Waals surface area contributed by atoms with E-state index in [4.69, 9.17) is 5.11 Å². The number of carboxylic acid groups (broad SMARTS) is 1. The molecule has 22 heavy (non-hydrogen) atoms. The van der Waals surface area contributed by atoms with Crippen LogP contribution in [0.3, 0.4) is 0 Å². The maximum atomic E-state index is 12.7. The summed E-state index contributed by atoms with van der Waals surface area (Å²) in [7, 11) is 0. The van der Waals surface area contributed by atoms with E-state index in [9.17, 15) is 9.59 Å². The molecule has 0 spiro atoms. The van der Waals surface area contributed by atoms with Crippen LogP contribution in [0.1, 0.15) is 16.8 Å². The van der Waals surface area contributed by atoms with Gasteiger partial charge < -0.3 is 10.0 Å². The monoisotopic (exact) mass is 297 g/mol. The summed E-state index contributed by atoms with van der Waals surface area (Å²) in [4.78, 5) is 33.4. The zero-order valence-electron chi connectivity index (χ0n) is 11.8. The first kappa shape index (κ1) is 14.2. The number of amides is 1. The van der Waals surface area contributed by atoms with E-state index in [2.05, 4.69) is 9.97 Å². The van der Waals surface area contributed by atoms with Gasteiger partial charge in [0.2, 0.25) is 0 Å². The topological polar surface area (TPSA) is 83.4 Å². The van der Waals surface area contributed by atoms with E-state index in [-0.39, 0.29) is 12.5 Å². The SMILES string of the molecule is O=C(O)C1CCN(C(=O)c2cncnc2-c2ccccc2)C1. The molecule has 112 valence electrons. The molecule has 1 aromatic carbocycles. The Labute approximate surface area is 127 Å². The number of carbonyl (C=O) groups is 2. The van der Waals surface area contributed by atoms with Gasteiger partial charge in [-0.25, -0.2) is 9.97 Å². The molecule has 1 aliphatic heterocycles. The Kier molecular flexibility index (Phi) is 3.82. The normalized spacial score (nSPS) is 17.5. The second-order valence-electron chi connectivity index (χ2n) is 5.23. The van der Waals surface area contributed by atoms with Crippen LogP contribution in [0.15, 0.2) is 42.9 Å². The van der Waals surface area contributed by atoms with Crippen molar-refractivity contribution in [2.45, 2.75) is 6.42 Å². The van der Waals surface area contributed by atoms with Crippen molar-refractivity contribution in [3.05, 3.63) is 48.4 Å². The molecular formula is C16H15N3O3. The summed E-state index contributed by atoms with van der Waals surface area (Å²) < 4.78 is 0. The highest BCUT2D eigenvalue weighted by Crippen LogP contribution is 2.24. The standard InChI is InChI=1S/C16H15N3O3/c20-15(19-7-6-12(9-19)16(21)22)13-8-17-10-18-14(13)11-4-2-1-3-5-11/h1-5,8,10,12H,6-7,9H2,(H,21,22). The molecule has 6 heteroatoms. The van der Waals surface area contributed by atoms with E-state index in [0.717, 1.165) is 5.56 Å². The highest BCUT2D eigenvalue weighted by atomic mass is 16.4. The summed E-state index contributed by atoms with van der Waals surface area (Å²) in [6.45, 7) is 0.677. The Morgan fingerprint density at radius 1 is 1.23 bits per heavy atom. The van der Waals surface area contributed by atoms with Crippen LogP contribution >= 0.6 is 0 Å². The third-order valence-electron chi connectivity index (χ3n) is 3.81. The molecule has 0 saturated carbocycles. The van der Waals surface area contributed by atoms with E-state index in [1.165, 1.54) is 12.5 Å². The third-order valence-corrected chi connectivity index (χ3v) is 3.81. The van der Waals surface area contributed by atoms with Crippen LogP contribution in [0.4, 0.5) is 0 Å². The molecular weight excluding hydrogens is 282 g/mol. The summed E-state index contributed by atoms with van der Waals surface area (Å²) in [5.41, 5.74) is 1.81. The Hall–Kier alpha value is -2.76. The van der Waals surface area contributed by atoms with Crippen molar-refractivity contribution in [1.29, 1.82) is 0 Å². The Morgan fingerprint density at radius 3 is 2.68 bits per heavy atom. The molecule has 1 N–H and O–H groups in total. The average molecular weight is 297 g/mol. The highest BCUT2D eigenvalue weighted by molar-refractivity contribution is 6.00. The fourth-order valence-electron chi connectivity index (χ4n) is 2.63. The molecule has 1 saturated heterocycles. The van der Waals surface area contributed by atoms with Crippen molar-refractivity contribution in [3.8, 4) is 11.3 Å². The van der Waals surface area contributed by atoms with Crippen LogP contribution in [0.2, 0.25) is 0 Å². The van der Waals surface area contributed by atoms with Crippen LogP contribution in [0.25, 0.3) is 11.3 Å². The summed E-state index contributed by atoms with van der Waals surface area (Å²) in [6, 6.07) is 9.40. The number of carboxylic acids is 1. The molecule has 1 aliphatic rings. The van der Waals surface area contributed by atoms with Gasteiger partial charge in [0.25, 0.3) is 5.91 Å². The lowest BCUT2D eigenvalue weighted by Gasteiger charge is -2.17. The van der Waals surface area contributed by atoms with Crippen LogP contribution in [0, 0.1) is 5.92 Å². The smallest absolute Gasteiger partial charge is 0.308 e. The van der Waals surface area contributed by atoms with Gasteiger partial charge in [-0.05, 0) is 6.42 Å². The minimum absolute atomic E-state index is 0.219. The van der Waals surface area contributed by atoms with E-state index < -0.39 is 11.9 Å². The van der Waals surface area contributed by atoms with Gasteiger partial charge in [-0.1, -0.05) is 30.3 Å². The molecule has 1 unspecified atom stereocenters. The number of aliphatic carboxylic acids is 1. The Morgan fingerprint density at radius 2 is 2.00 bits per heavy atom. The number of hydrogen-bond donors (Lipinski definition) is 1. The van der Waals surface area contributed by atoms with Crippen molar-refractivity contribution >= 4 is 11.9 Å². The number of nitrogens with zero attached hydrogens (tertiary/aromatic N) is 3. The fraction of sp³-hybridized carbons (Fsp3) is 0.250. The average Bonchev–Trinajstić information content (AvgIpc) is 3.05. The molecule has 2 heterocycles. The number of rotatable bonds is 3. The number of likely N-dealkylation sites (tertiary alicyclic amines) is 1. The molecule has 0 bridgehead atoms. The van der Waals surface area contributed by atoms with Gasteiger partial charge in [0, 0.05) is 24.8 Å². The summed E-state index contributed by atoms with van der Waals surface area (Å²) >= 11 is 0. The molecule has 3 rings (SSSR count). The lowest BCUT2D eigenvalue weighted by atomic mass is 10.1. The highest BCUT2D eigenvalue weighted by Gasteiger charge is 2.32. The minimum atomic E-state index is -0.858. The van der Waals surface area contributed by atoms with Gasteiger partial charge in [-0.3, -0.25) is 9.59 Å². The zero-order chi connectivity index (χ0) is 15.5. The first-order valence-electron chi connectivity index (χ1n) is 7.04. The van der Waals surface area contributed by atoms with Crippen molar-refractivity contribution in [1.82, 2.24) is 14.9 Å². The van der Waals surface area contributed by atoms with Crippen molar-refractivity contribution in [3.63, 3.8) is 0 Å². The number of aromatic nitrogens is 2. The number of carbonyl (C=O) groups excluding carboxylic acids is 1. The molecule has 1 amide bonds. The molecule has 0 aliphatic carbocycles. The first-order valence-corrected chi connectivity index (χ1v) is 7.04. The molecule has 1 atom stereocenters. The fourth-order valence-corrected chi connectivity index (χ4v) is 2.63. The second-order valence-corrected chi connectivity index (χ2v) is 5.23. The molecule has 1 aromatic heterocycles. The maximum absolute atomic E-state index is 12.7. The maximum Gasteiger partial charge on any atom is 0.308 e. The molecule has 6 nitrogen and oxygen atoms in total. The first-order chi connectivity index (χ1) is 10.7. The van der Waals surface area contributed by atoms with Gasteiger partial charge in [-0.15, -0.1) is 0 Å². The van der Waals surface area contributed by atoms with E-state index in [0.29, 0.717) is 24.2 Å². The van der Waals surface area contributed by atoms with Crippen LogP contribution in [-0.4, -0.2) is 44.9 Å².